The Labute approximate surface area is 123 Å². The Kier molecular flexibility index (Phi) is 4.97. The van der Waals surface area contributed by atoms with Crippen LogP contribution in [0.4, 0.5) is 10.5 Å². The predicted molar refractivity (Wildman–Crippen MR) is 79.2 cm³/mol. The van der Waals surface area contributed by atoms with Crippen LogP contribution in [0.2, 0.25) is 0 Å². The van der Waals surface area contributed by atoms with E-state index in [2.05, 4.69) is 5.32 Å². The Morgan fingerprint density at radius 1 is 1.10 bits per heavy atom. The monoisotopic (exact) mass is 293 g/mol. The molecule has 1 aromatic rings. The van der Waals surface area contributed by atoms with E-state index in [1.807, 2.05) is 0 Å². The minimum absolute atomic E-state index is 0.150. The summed E-state index contributed by atoms with van der Waals surface area (Å²) in [5.74, 6) is -1.50. The molecule has 0 aromatic heterocycles. The molecule has 0 aliphatic carbocycles. The summed E-state index contributed by atoms with van der Waals surface area (Å²) in [4.78, 5) is 22.3. The van der Waals surface area contributed by atoms with Crippen molar-refractivity contribution in [3.05, 3.63) is 35.4 Å². The third kappa shape index (κ3) is 5.18. The van der Waals surface area contributed by atoms with E-state index >= 15 is 0 Å². The van der Waals surface area contributed by atoms with Gasteiger partial charge >= 0.3 is 12.1 Å². The lowest BCUT2D eigenvalue weighted by molar-refractivity contribution is -0.132. The molecule has 0 spiro atoms. The number of aliphatic hydroxyl groups excluding tert-OH is 1. The predicted octanol–water partition coefficient (Wildman–Crippen LogP) is 3.41. The number of carboxylic acid groups (broad SMARTS) is 1. The maximum Gasteiger partial charge on any atom is 0.412 e. The van der Waals surface area contributed by atoms with Crippen LogP contribution in [0, 0.1) is 0 Å². The number of rotatable bonds is 3. The number of nitrogens with one attached hydrogen (secondary N) is 1. The Balaban J connectivity index is 2.82. The van der Waals surface area contributed by atoms with Crippen molar-refractivity contribution < 1.29 is 24.5 Å². The van der Waals surface area contributed by atoms with Gasteiger partial charge < -0.3 is 14.9 Å². The van der Waals surface area contributed by atoms with Gasteiger partial charge in [-0.15, -0.1) is 0 Å². The summed E-state index contributed by atoms with van der Waals surface area (Å²) in [6, 6.07) is 6.11. The maximum absolute atomic E-state index is 11.6. The first-order valence-corrected chi connectivity index (χ1v) is 6.34. The van der Waals surface area contributed by atoms with Gasteiger partial charge in [0.05, 0.1) is 5.57 Å². The number of hydrogen-bond donors (Lipinski definition) is 3. The molecule has 0 unspecified atom stereocenters. The van der Waals surface area contributed by atoms with Crippen LogP contribution in [0.25, 0.3) is 5.76 Å². The number of ether oxygens (including phenoxy) is 1. The Hall–Kier alpha value is -2.50. The standard InChI is InChI=1S/C15H19NO5/c1-9(13(18)19)12(17)10-5-7-11(8-6-10)16-14(20)21-15(2,3)4/h5-8,17H,1-4H3,(H,16,20)(H,18,19). The number of amides is 1. The van der Waals surface area contributed by atoms with Crippen molar-refractivity contribution in [2.75, 3.05) is 5.32 Å². The van der Waals surface area contributed by atoms with E-state index < -0.39 is 17.7 Å². The lowest BCUT2D eigenvalue weighted by atomic mass is 10.1. The zero-order valence-electron chi connectivity index (χ0n) is 12.4. The van der Waals surface area contributed by atoms with Gasteiger partial charge in [-0.25, -0.2) is 9.59 Å². The van der Waals surface area contributed by atoms with Crippen molar-refractivity contribution in [1.82, 2.24) is 0 Å². The number of hydrogen-bond acceptors (Lipinski definition) is 4. The van der Waals surface area contributed by atoms with Gasteiger partial charge in [0.2, 0.25) is 0 Å². The molecule has 0 radical (unpaired) electrons. The molecule has 1 amide bonds. The molecule has 0 aliphatic rings. The molecular formula is C15H19NO5. The summed E-state index contributed by atoms with van der Waals surface area (Å²) < 4.78 is 5.10. The highest BCUT2D eigenvalue weighted by Gasteiger charge is 2.16. The van der Waals surface area contributed by atoms with Crippen LogP contribution in [-0.2, 0) is 9.53 Å². The van der Waals surface area contributed by atoms with Crippen molar-refractivity contribution in [3.8, 4) is 0 Å². The van der Waals surface area contributed by atoms with Crippen molar-refractivity contribution >= 4 is 23.5 Å². The van der Waals surface area contributed by atoms with Crippen molar-refractivity contribution in [2.24, 2.45) is 0 Å². The van der Waals surface area contributed by atoms with E-state index in [0.29, 0.717) is 11.3 Å². The average Bonchev–Trinajstić information content (AvgIpc) is 2.35. The summed E-state index contributed by atoms with van der Waals surface area (Å²) in [7, 11) is 0. The van der Waals surface area contributed by atoms with Crippen LogP contribution in [0.1, 0.15) is 33.3 Å². The van der Waals surface area contributed by atoms with Crippen molar-refractivity contribution in [3.63, 3.8) is 0 Å². The van der Waals surface area contributed by atoms with Gasteiger partial charge in [0.15, 0.2) is 0 Å². The Morgan fingerprint density at radius 2 is 1.62 bits per heavy atom. The molecule has 0 fully saturated rings. The van der Waals surface area contributed by atoms with E-state index in [9.17, 15) is 14.7 Å². The third-order valence-corrected chi connectivity index (χ3v) is 2.48. The van der Waals surface area contributed by atoms with Crippen molar-refractivity contribution in [2.45, 2.75) is 33.3 Å². The lowest BCUT2D eigenvalue weighted by Gasteiger charge is -2.19. The van der Waals surface area contributed by atoms with Gasteiger partial charge in [0.25, 0.3) is 0 Å². The summed E-state index contributed by atoms with van der Waals surface area (Å²) in [6.45, 7) is 6.58. The Morgan fingerprint density at radius 3 is 2.05 bits per heavy atom. The van der Waals surface area contributed by atoms with Gasteiger partial charge in [-0.3, -0.25) is 5.32 Å². The highest BCUT2D eigenvalue weighted by atomic mass is 16.6. The van der Waals surface area contributed by atoms with E-state index in [1.165, 1.54) is 19.1 Å². The third-order valence-electron chi connectivity index (χ3n) is 2.48. The number of anilines is 1. The molecular weight excluding hydrogens is 274 g/mol. The molecule has 6 heteroatoms. The van der Waals surface area contributed by atoms with E-state index in [-0.39, 0.29) is 11.3 Å². The first-order valence-electron chi connectivity index (χ1n) is 6.34. The van der Waals surface area contributed by atoms with E-state index in [0.717, 1.165) is 0 Å². The second kappa shape index (κ2) is 6.30. The summed E-state index contributed by atoms with van der Waals surface area (Å²) in [5, 5.41) is 21.1. The highest BCUT2D eigenvalue weighted by Crippen LogP contribution is 2.19. The summed E-state index contributed by atoms with van der Waals surface area (Å²) in [5.41, 5.74) is 0.0881. The maximum atomic E-state index is 11.6. The van der Waals surface area contributed by atoms with E-state index in [1.54, 1.807) is 32.9 Å². The fourth-order valence-corrected chi connectivity index (χ4v) is 1.45. The molecule has 0 saturated heterocycles. The first-order chi connectivity index (χ1) is 9.60. The Bertz CT molecular complexity index is 567. The van der Waals surface area contributed by atoms with Crippen LogP contribution < -0.4 is 5.32 Å². The summed E-state index contributed by atoms with van der Waals surface area (Å²) in [6.07, 6.45) is -0.586. The summed E-state index contributed by atoms with van der Waals surface area (Å²) >= 11 is 0. The topological polar surface area (TPSA) is 95.9 Å². The van der Waals surface area contributed by atoms with Crippen LogP contribution in [-0.4, -0.2) is 27.9 Å². The molecule has 1 rings (SSSR count). The second-order valence-corrected chi connectivity index (χ2v) is 5.48. The molecule has 21 heavy (non-hydrogen) atoms. The van der Waals surface area contributed by atoms with Gasteiger partial charge in [-0.1, -0.05) is 0 Å². The van der Waals surface area contributed by atoms with Crippen LogP contribution >= 0.6 is 0 Å². The smallest absolute Gasteiger partial charge is 0.412 e. The van der Waals surface area contributed by atoms with Crippen LogP contribution in [0.5, 0.6) is 0 Å². The molecule has 0 aliphatic heterocycles. The lowest BCUT2D eigenvalue weighted by Crippen LogP contribution is -2.27. The molecule has 6 nitrogen and oxygen atoms in total. The van der Waals surface area contributed by atoms with Crippen molar-refractivity contribution in [1.29, 1.82) is 0 Å². The first kappa shape index (κ1) is 16.6. The number of carboxylic acids is 1. The zero-order chi connectivity index (χ0) is 16.2. The van der Waals surface area contributed by atoms with Gasteiger partial charge in [-0.2, -0.15) is 0 Å². The van der Waals surface area contributed by atoms with Crippen LogP contribution in [0.15, 0.2) is 29.8 Å². The highest BCUT2D eigenvalue weighted by molar-refractivity contribution is 5.94. The fraction of sp³-hybridized carbons (Fsp3) is 0.333. The SMILES string of the molecule is CC(C(=O)O)=C(O)c1ccc(NC(=O)OC(C)(C)C)cc1. The second-order valence-electron chi connectivity index (χ2n) is 5.48. The van der Waals surface area contributed by atoms with Crippen LogP contribution in [0.3, 0.4) is 0 Å². The number of benzene rings is 1. The minimum Gasteiger partial charge on any atom is -0.507 e. The largest absolute Gasteiger partial charge is 0.507 e. The zero-order valence-corrected chi connectivity index (χ0v) is 12.4. The molecule has 114 valence electrons. The molecule has 0 saturated carbocycles. The molecule has 0 bridgehead atoms. The number of carbonyl (C=O) groups excluding carboxylic acids is 1. The van der Waals surface area contributed by atoms with Gasteiger partial charge in [0.1, 0.15) is 11.4 Å². The average molecular weight is 293 g/mol. The fourth-order valence-electron chi connectivity index (χ4n) is 1.45. The number of aliphatic hydroxyl groups is 1. The van der Waals surface area contributed by atoms with E-state index in [4.69, 9.17) is 9.84 Å². The van der Waals surface area contributed by atoms with Gasteiger partial charge in [0, 0.05) is 11.3 Å². The molecule has 0 heterocycles. The molecule has 1 aromatic carbocycles. The minimum atomic E-state index is -1.19. The number of aliphatic carboxylic acids is 1. The van der Waals surface area contributed by atoms with Gasteiger partial charge in [-0.05, 0) is 52.0 Å². The molecule has 3 N–H and O–H groups in total. The quantitative estimate of drug-likeness (QED) is 0.586. The number of carbonyl (C=O) groups is 2. The molecule has 0 atom stereocenters. The normalized spacial score (nSPS) is 12.4.